The third-order valence-corrected chi connectivity index (χ3v) is 2.40. The first-order chi connectivity index (χ1) is 8.15. The van der Waals surface area contributed by atoms with Gasteiger partial charge in [0.05, 0.1) is 17.7 Å². The van der Waals surface area contributed by atoms with Gasteiger partial charge in [-0.2, -0.15) is 5.26 Å². The molecule has 0 aliphatic rings. The number of anilines is 1. The Bertz CT molecular complexity index is 383. The van der Waals surface area contributed by atoms with E-state index < -0.39 is 0 Å². The lowest BCUT2D eigenvalue weighted by atomic mass is 10.2. The average molecular weight is 232 g/mol. The number of rotatable bonds is 6. The van der Waals surface area contributed by atoms with E-state index in [-0.39, 0.29) is 5.92 Å². The van der Waals surface area contributed by atoms with E-state index in [1.165, 1.54) is 0 Å². The van der Waals surface area contributed by atoms with Gasteiger partial charge in [0.25, 0.3) is 0 Å². The molecule has 0 amide bonds. The van der Waals surface area contributed by atoms with Crippen LogP contribution in [0.3, 0.4) is 0 Å². The summed E-state index contributed by atoms with van der Waals surface area (Å²) in [5.74, 6) is 0.962. The molecule has 1 aromatic heterocycles. The van der Waals surface area contributed by atoms with Crippen molar-refractivity contribution in [2.24, 2.45) is 5.92 Å². The minimum absolute atomic E-state index is 0.0527. The van der Waals surface area contributed by atoms with Crippen LogP contribution < -0.4 is 5.32 Å². The van der Waals surface area contributed by atoms with Crippen molar-refractivity contribution in [2.45, 2.75) is 20.4 Å². The number of nitrogens with zero attached hydrogens (tertiary/aromatic N) is 3. The molecule has 0 fully saturated rings. The second-order valence-corrected chi connectivity index (χ2v) is 4.27. The summed E-state index contributed by atoms with van der Waals surface area (Å²) in [5.41, 5.74) is 1.02. The quantitative estimate of drug-likeness (QED) is 0.816. The Hall–Kier alpha value is -1.60. The van der Waals surface area contributed by atoms with Crippen molar-refractivity contribution in [3.05, 3.63) is 23.9 Å². The summed E-state index contributed by atoms with van der Waals surface area (Å²) in [6.07, 6.45) is 0. The molecule has 1 atom stereocenters. The summed E-state index contributed by atoms with van der Waals surface area (Å²) in [7, 11) is 2.01. The molecule has 1 N–H and O–H groups in total. The van der Waals surface area contributed by atoms with Crippen molar-refractivity contribution in [1.29, 1.82) is 5.26 Å². The van der Waals surface area contributed by atoms with Crippen LogP contribution in [0.4, 0.5) is 5.82 Å². The van der Waals surface area contributed by atoms with Crippen LogP contribution in [0.1, 0.15) is 19.5 Å². The molecule has 0 saturated heterocycles. The standard InChI is InChI=1S/C13H20N4/c1-4-15-13-7-5-6-12(16-13)10-17(3)9-11(2)8-14/h5-7,11H,4,9-10H2,1-3H3,(H,15,16). The van der Waals surface area contributed by atoms with Crippen molar-refractivity contribution >= 4 is 5.82 Å². The predicted octanol–water partition coefficient (Wildman–Crippen LogP) is 2.10. The number of hydrogen-bond donors (Lipinski definition) is 1. The van der Waals surface area contributed by atoms with Crippen molar-refractivity contribution in [1.82, 2.24) is 9.88 Å². The molecule has 17 heavy (non-hydrogen) atoms. The van der Waals surface area contributed by atoms with Crippen LogP contribution in [0.25, 0.3) is 0 Å². The molecule has 0 aliphatic carbocycles. The molecule has 4 nitrogen and oxygen atoms in total. The van der Waals surface area contributed by atoms with E-state index in [2.05, 4.69) is 28.2 Å². The van der Waals surface area contributed by atoms with E-state index in [0.29, 0.717) is 0 Å². The van der Waals surface area contributed by atoms with Crippen LogP contribution in [-0.2, 0) is 6.54 Å². The topological polar surface area (TPSA) is 52.0 Å². The van der Waals surface area contributed by atoms with Gasteiger partial charge in [0, 0.05) is 19.6 Å². The smallest absolute Gasteiger partial charge is 0.126 e. The van der Waals surface area contributed by atoms with Crippen molar-refractivity contribution in [2.75, 3.05) is 25.5 Å². The molecule has 0 aromatic carbocycles. The minimum Gasteiger partial charge on any atom is -0.370 e. The van der Waals surface area contributed by atoms with E-state index in [9.17, 15) is 0 Å². The number of nitriles is 1. The van der Waals surface area contributed by atoms with Gasteiger partial charge in [0.2, 0.25) is 0 Å². The molecule has 0 aliphatic heterocycles. The van der Waals surface area contributed by atoms with E-state index in [0.717, 1.165) is 31.1 Å². The average Bonchev–Trinajstić information content (AvgIpc) is 2.29. The van der Waals surface area contributed by atoms with Gasteiger partial charge in [0.15, 0.2) is 0 Å². The highest BCUT2D eigenvalue weighted by molar-refractivity contribution is 5.34. The predicted molar refractivity (Wildman–Crippen MR) is 69.5 cm³/mol. The van der Waals surface area contributed by atoms with Gasteiger partial charge in [-0.25, -0.2) is 4.98 Å². The van der Waals surface area contributed by atoms with Crippen LogP contribution in [0.5, 0.6) is 0 Å². The third-order valence-electron chi connectivity index (χ3n) is 2.40. The van der Waals surface area contributed by atoms with Crippen molar-refractivity contribution < 1.29 is 0 Å². The zero-order valence-electron chi connectivity index (χ0n) is 10.8. The second-order valence-electron chi connectivity index (χ2n) is 4.27. The molecule has 0 radical (unpaired) electrons. The highest BCUT2D eigenvalue weighted by atomic mass is 15.1. The molecule has 4 heteroatoms. The van der Waals surface area contributed by atoms with Gasteiger partial charge in [-0.05, 0) is 33.0 Å². The Labute approximate surface area is 103 Å². The lowest BCUT2D eigenvalue weighted by molar-refractivity contribution is 0.300. The van der Waals surface area contributed by atoms with Gasteiger partial charge in [-0.1, -0.05) is 6.07 Å². The first kappa shape index (κ1) is 13.5. The molecule has 1 rings (SSSR count). The summed E-state index contributed by atoms with van der Waals surface area (Å²) in [4.78, 5) is 6.62. The lowest BCUT2D eigenvalue weighted by Crippen LogP contribution is -2.23. The SMILES string of the molecule is CCNc1cccc(CN(C)CC(C)C#N)n1. The summed E-state index contributed by atoms with van der Waals surface area (Å²) in [5, 5.41) is 12.0. The van der Waals surface area contributed by atoms with Gasteiger partial charge in [-0.3, -0.25) is 4.90 Å². The Morgan fingerprint density at radius 2 is 2.29 bits per heavy atom. The normalized spacial score (nSPS) is 12.2. The largest absolute Gasteiger partial charge is 0.370 e. The maximum atomic E-state index is 8.76. The molecular weight excluding hydrogens is 212 g/mol. The number of nitrogens with one attached hydrogen (secondary N) is 1. The summed E-state index contributed by atoms with van der Waals surface area (Å²) >= 11 is 0. The summed E-state index contributed by atoms with van der Waals surface area (Å²) < 4.78 is 0. The Morgan fingerprint density at radius 3 is 2.94 bits per heavy atom. The highest BCUT2D eigenvalue weighted by Gasteiger charge is 2.06. The molecule has 1 heterocycles. The zero-order valence-corrected chi connectivity index (χ0v) is 10.8. The first-order valence-electron chi connectivity index (χ1n) is 5.93. The molecule has 0 spiro atoms. The fraction of sp³-hybridized carbons (Fsp3) is 0.538. The Kier molecular flexibility index (Phi) is 5.44. The lowest BCUT2D eigenvalue weighted by Gasteiger charge is -2.17. The van der Waals surface area contributed by atoms with Crippen LogP contribution in [0.15, 0.2) is 18.2 Å². The number of pyridine rings is 1. The molecular formula is C13H20N4. The van der Waals surface area contributed by atoms with E-state index in [4.69, 9.17) is 5.26 Å². The van der Waals surface area contributed by atoms with Crippen LogP contribution in [-0.4, -0.2) is 30.0 Å². The van der Waals surface area contributed by atoms with Crippen LogP contribution in [0, 0.1) is 17.2 Å². The minimum atomic E-state index is 0.0527. The molecule has 92 valence electrons. The highest BCUT2D eigenvalue weighted by Crippen LogP contribution is 2.07. The number of aromatic nitrogens is 1. The maximum absolute atomic E-state index is 8.76. The fourth-order valence-electron chi connectivity index (χ4n) is 1.70. The molecule has 0 bridgehead atoms. The van der Waals surface area contributed by atoms with Crippen molar-refractivity contribution in [3.8, 4) is 6.07 Å². The van der Waals surface area contributed by atoms with Gasteiger partial charge in [0.1, 0.15) is 5.82 Å². The van der Waals surface area contributed by atoms with E-state index in [1.54, 1.807) is 0 Å². The summed E-state index contributed by atoms with van der Waals surface area (Å²) in [6.45, 7) is 6.39. The molecule has 1 unspecified atom stereocenters. The second kappa shape index (κ2) is 6.87. The van der Waals surface area contributed by atoms with E-state index in [1.807, 2.05) is 32.2 Å². The first-order valence-corrected chi connectivity index (χ1v) is 5.93. The Morgan fingerprint density at radius 1 is 1.53 bits per heavy atom. The summed E-state index contributed by atoms with van der Waals surface area (Å²) in [6, 6.07) is 8.21. The zero-order chi connectivity index (χ0) is 12.7. The fourth-order valence-corrected chi connectivity index (χ4v) is 1.70. The van der Waals surface area contributed by atoms with Gasteiger partial charge < -0.3 is 5.32 Å². The monoisotopic (exact) mass is 232 g/mol. The van der Waals surface area contributed by atoms with Crippen molar-refractivity contribution in [3.63, 3.8) is 0 Å². The number of hydrogen-bond acceptors (Lipinski definition) is 4. The third kappa shape index (κ3) is 4.83. The van der Waals surface area contributed by atoms with Gasteiger partial charge in [-0.15, -0.1) is 0 Å². The van der Waals surface area contributed by atoms with Gasteiger partial charge >= 0.3 is 0 Å². The van der Waals surface area contributed by atoms with E-state index >= 15 is 0 Å². The molecule has 1 aromatic rings. The maximum Gasteiger partial charge on any atom is 0.126 e. The Balaban J connectivity index is 2.56. The van der Waals surface area contributed by atoms with Crippen LogP contribution in [0.2, 0.25) is 0 Å². The van der Waals surface area contributed by atoms with Crippen LogP contribution >= 0.6 is 0 Å². The molecule has 0 saturated carbocycles.